The molecule has 0 bridgehead atoms. The Morgan fingerprint density at radius 2 is 1.70 bits per heavy atom. The first-order valence-corrected chi connectivity index (χ1v) is 11.2. The van der Waals surface area contributed by atoms with E-state index in [4.69, 9.17) is 9.47 Å². The summed E-state index contributed by atoms with van der Waals surface area (Å²) in [5.74, 6) is 0.842. The van der Waals surface area contributed by atoms with Crippen LogP contribution in [0.1, 0.15) is 47.3 Å². The molecule has 2 atom stereocenters. The molecule has 0 heterocycles. The Labute approximate surface area is 181 Å². The molecular weight excluding hydrogens is 391 g/mol. The van der Waals surface area contributed by atoms with Crippen molar-refractivity contribution in [2.24, 2.45) is 0 Å². The average Bonchev–Trinajstić information content (AvgIpc) is 2.79. The van der Waals surface area contributed by atoms with Crippen LogP contribution in [0.15, 0.2) is 72.8 Å². The van der Waals surface area contributed by atoms with Crippen molar-refractivity contribution >= 4 is 20.2 Å². The highest BCUT2D eigenvalue weighted by Crippen LogP contribution is 2.48. The first kappa shape index (κ1) is 22.2. The molecule has 0 N–H and O–H groups in total. The number of methoxy groups -OCH3 is 1. The molecule has 0 saturated heterocycles. The van der Waals surface area contributed by atoms with Crippen LogP contribution in [-0.2, 0) is 16.3 Å². The van der Waals surface area contributed by atoms with E-state index in [0.29, 0.717) is 8.58 Å². The van der Waals surface area contributed by atoms with Crippen molar-refractivity contribution in [3.05, 3.63) is 95.1 Å². The number of aldehydes is 1. The highest BCUT2D eigenvalue weighted by atomic mass is 31.1. The molecule has 30 heavy (non-hydrogen) atoms. The predicted octanol–water partition coefficient (Wildman–Crippen LogP) is 5.70. The van der Waals surface area contributed by atoms with Gasteiger partial charge in [-0.15, -0.1) is 0 Å². The van der Waals surface area contributed by atoms with Crippen molar-refractivity contribution < 1.29 is 14.3 Å². The molecule has 0 fully saturated rings. The zero-order chi connectivity index (χ0) is 21.4. The predicted molar refractivity (Wildman–Crippen MR) is 126 cm³/mol. The van der Waals surface area contributed by atoms with Crippen LogP contribution >= 0.6 is 8.58 Å². The molecule has 0 aliphatic heterocycles. The Bertz CT molecular complexity index is 971. The zero-order valence-corrected chi connectivity index (χ0v) is 18.9. The maximum Gasteiger partial charge on any atom is 0.188 e. The van der Waals surface area contributed by atoms with Crippen molar-refractivity contribution in [3.8, 4) is 5.75 Å². The molecule has 3 nitrogen and oxygen atoms in total. The summed E-state index contributed by atoms with van der Waals surface area (Å²) >= 11 is 0. The minimum absolute atomic E-state index is 0.158. The van der Waals surface area contributed by atoms with Gasteiger partial charge in [-0.1, -0.05) is 89.2 Å². The molecular formula is C26H29O3P. The molecule has 0 saturated carbocycles. The molecule has 0 aliphatic rings. The van der Waals surface area contributed by atoms with Gasteiger partial charge in [-0.05, 0) is 35.3 Å². The second-order valence-corrected chi connectivity index (χ2v) is 9.45. The van der Waals surface area contributed by atoms with Crippen LogP contribution in [0.4, 0.5) is 0 Å². The fraction of sp³-hybridized carbons (Fsp3) is 0.269. The second kappa shape index (κ2) is 10.5. The lowest BCUT2D eigenvalue weighted by Gasteiger charge is -2.32. The number of hydrogen-bond acceptors (Lipinski definition) is 3. The Morgan fingerprint density at radius 1 is 0.967 bits per heavy atom. The van der Waals surface area contributed by atoms with E-state index in [2.05, 4.69) is 62.4 Å². The fourth-order valence-electron chi connectivity index (χ4n) is 3.56. The SMILES string of the molecule is CCC(C)(Pc1ccccc1C=O)c1cc(Cc2ccccc2)ccc1OCOC. The lowest BCUT2D eigenvalue weighted by Crippen LogP contribution is -2.21. The van der Waals surface area contributed by atoms with Crippen LogP contribution in [0, 0.1) is 0 Å². The summed E-state index contributed by atoms with van der Waals surface area (Å²) in [5, 5.41) is 0.928. The van der Waals surface area contributed by atoms with Gasteiger partial charge in [-0.2, -0.15) is 0 Å². The van der Waals surface area contributed by atoms with Crippen molar-refractivity contribution in [2.45, 2.75) is 31.8 Å². The molecule has 2 unspecified atom stereocenters. The molecule has 3 aromatic rings. The summed E-state index contributed by atoms with van der Waals surface area (Å²) in [4.78, 5) is 11.6. The molecule has 0 spiro atoms. The summed E-state index contributed by atoms with van der Waals surface area (Å²) < 4.78 is 11.1. The largest absolute Gasteiger partial charge is 0.467 e. The Hall–Kier alpha value is -2.48. The molecule has 0 radical (unpaired) electrons. The highest BCUT2D eigenvalue weighted by molar-refractivity contribution is 7.48. The first-order chi connectivity index (χ1) is 14.6. The van der Waals surface area contributed by atoms with Crippen molar-refractivity contribution in [1.29, 1.82) is 0 Å². The molecule has 0 amide bonds. The van der Waals surface area contributed by atoms with Gasteiger partial charge in [0.2, 0.25) is 0 Å². The van der Waals surface area contributed by atoms with E-state index in [-0.39, 0.29) is 11.9 Å². The van der Waals surface area contributed by atoms with Crippen LogP contribution in [0.3, 0.4) is 0 Å². The van der Waals surface area contributed by atoms with Crippen molar-refractivity contribution in [2.75, 3.05) is 13.9 Å². The smallest absolute Gasteiger partial charge is 0.188 e. The summed E-state index contributed by atoms with van der Waals surface area (Å²) in [6.07, 6.45) is 2.75. The van der Waals surface area contributed by atoms with Gasteiger partial charge in [-0.25, -0.2) is 0 Å². The Balaban J connectivity index is 2.01. The number of hydrogen-bond donors (Lipinski definition) is 0. The van der Waals surface area contributed by atoms with Gasteiger partial charge in [0.1, 0.15) is 5.75 Å². The normalized spacial score (nSPS) is 13.3. The molecule has 0 aromatic heterocycles. The molecule has 3 rings (SSSR count). The Kier molecular flexibility index (Phi) is 7.79. The third-order valence-corrected chi connectivity index (χ3v) is 7.33. The van der Waals surface area contributed by atoms with Gasteiger partial charge < -0.3 is 9.47 Å². The van der Waals surface area contributed by atoms with E-state index < -0.39 is 0 Å². The van der Waals surface area contributed by atoms with E-state index in [1.54, 1.807) is 7.11 Å². The second-order valence-electron chi connectivity index (χ2n) is 7.56. The quantitative estimate of drug-likeness (QED) is 0.240. The number of ether oxygens (including phenoxy) is 2. The van der Waals surface area contributed by atoms with Crippen LogP contribution in [-0.4, -0.2) is 20.2 Å². The number of rotatable bonds is 10. The van der Waals surface area contributed by atoms with Crippen LogP contribution in [0.2, 0.25) is 0 Å². The number of benzene rings is 3. The lowest BCUT2D eigenvalue weighted by atomic mass is 9.93. The van der Waals surface area contributed by atoms with Crippen LogP contribution in [0.5, 0.6) is 5.75 Å². The number of carbonyl (C=O) groups is 1. The monoisotopic (exact) mass is 420 g/mol. The Morgan fingerprint density at radius 3 is 2.40 bits per heavy atom. The van der Waals surface area contributed by atoms with Gasteiger partial charge in [0.25, 0.3) is 0 Å². The maximum atomic E-state index is 11.6. The third kappa shape index (κ3) is 5.36. The van der Waals surface area contributed by atoms with Gasteiger partial charge >= 0.3 is 0 Å². The first-order valence-electron chi connectivity index (χ1n) is 10.2. The van der Waals surface area contributed by atoms with E-state index >= 15 is 0 Å². The van der Waals surface area contributed by atoms with Gasteiger partial charge in [0.15, 0.2) is 13.1 Å². The average molecular weight is 420 g/mol. The van der Waals surface area contributed by atoms with Crippen molar-refractivity contribution in [3.63, 3.8) is 0 Å². The van der Waals surface area contributed by atoms with E-state index in [1.807, 2.05) is 24.3 Å². The van der Waals surface area contributed by atoms with Gasteiger partial charge in [0.05, 0.1) is 0 Å². The van der Waals surface area contributed by atoms with Gasteiger partial charge in [0, 0.05) is 23.4 Å². The van der Waals surface area contributed by atoms with Crippen molar-refractivity contribution in [1.82, 2.24) is 0 Å². The van der Waals surface area contributed by atoms with Crippen LogP contribution in [0.25, 0.3) is 0 Å². The van der Waals surface area contributed by atoms with E-state index in [0.717, 1.165) is 41.3 Å². The number of carbonyl (C=O) groups excluding carboxylic acids is 1. The van der Waals surface area contributed by atoms with E-state index in [9.17, 15) is 4.79 Å². The summed E-state index contributed by atoms with van der Waals surface area (Å²) in [6.45, 7) is 4.66. The summed E-state index contributed by atoms with van der Waals surface area (Å²) in [5.41, 5.74) is 4.44. The standard InChI is InChI=1S/C26H29O3P/c1-4-26(2,30-25-13-9-8-12-22(25)18-27)23-17-21(14-15-24(23)29-19-28-3)16-20-10-6-5-7-11-20/h5-15,17-18,30H,4,16,19H2,1-3H3. The topological polar surface area (TPSA) is 35.5 Å². The molecule has 0 aliphatic carbocycles. The molecule has 4 heteroatoms. The minimum atomic E-state index is -0.158. The fourth-order valence-corrected chi connectivity index (χ4v) is 5.12. The minimum Gasteiger partial charge on any atom is -0.467 e. The molecule has 156 valence electrons. The van der Waals surface area contributed by atoms with E-state index in [1.165, 1.54) is 11.1 Å². The summed E-state index contributed by atoms with van der Waals surface area (Å²) in [6, 6.07) is 24.8. The third-order valence-electron chi connectivity index (χ3n) is 5.43. The molecule has 3 aromatic carbocycles. The summed E-state index contributed by atoms with van der Waals surface area (Å²) in [7, 11) is 2.07. The van der Waals surface area contributed by atoms with Crippen LogP contribution < -0.4 is 10.0 Å². The lowest BCUT2D eigenvalue weighted by molar-refractivity contribution is 0.0500. The maximum absolute atomic E-state index is 11.6. The highest BCUT2D eigenvalue weighted by Gasteiger charge is 2.30. The zero-order valence-electron chi connectivity index (χ0n) is 17.9. The van der Waals surface area contributed by atoms with Gasteiger partial charge in [-0.3, -0.25) is 4.79 Å².